The molecule has 0 spiro atoms. The summed E-state index contributed by atoms with van der Waals surface area (Å²) in [6, 6.07) is 5.07. The monoisotopic (exact) mass is 527 g/mol. The van der Waals surface area contributed by atoms with E-state index in [9.17, 15) is 14.7 Å². The van der Waals surface area contributed by atoms with Gasteiger partial charge in [0.1, 0.15) is 23.3 Å². The van der Waals surface area contributed by atoms with E-state index < -0.39 is 16.8 Å². The number of aliphatic carboxylic acids is 1. The normalized spacial score (nSPS) is 14.8. The smallest absolute Gasteiger partial charge is 0.309 e. The fraction of sp³-hybridized carbons (Fsp3) is 0.345. The quantitative estimate of drug-likeness (QED) is 0.0863. The van der Waals surface area contributed by atoms with Gasteiger partial charge in [0.25, 0.3) is 0 Å². The van der Waals surface area contributed by atoms with E-state index in [4.69, 9.17) is 27.8 Å². The van der Waals surface area contributed by atoms with Crippen molar-refractivity contribution in [3.05, 3.63) is 83.1 Å². The zero-order valence-electron chi connectivity index (χ0n) is 22.6. The van der Waals surface area contributed by atoms with Gasteiger partial charge in [0.2, 0.25) is 0 Å². The number of carboxylic acids is 1. The molecule has 1 unspecified atom stereocenters. The number of anilines is 1. The molecule has 1 atom stereocenters. The topological polar surface area (TPSA) is 128 Å². The number of carboxylic acid groups (broad SMARTS) is 1. The Bertz CT molecular complexity index is 1210. The van der Waals surface area contributed by atoms with E-state index in [-0.39, 0.29) is 11.6 Å². The van der Waals surface area contributed by atoms with Crippen LogP contribution in [-0.4, -0.2) is 23.1 Å². The van der Waals surface area contributed by atoms with Crippen molar-refractivity contribution in [1.82, 2.24) is 0 Å². The van der Waals surface area contributed by atoms with Crippen LogP contribution in [-0.2, 0) is 14.3 Å². The predicted molar refractivity (Wildman–Crippen MR) is 153 cm³/mol. The van der Waals surface area contributed by atoms with Crippen LogP contribution in [0, 0.1) is 10.8 Å². The standard InChI is InChI=1S/C29H38ClN3O4/c1-17(2)25(26(32)33-20(5)19(4)23-11-10-22(30)14-24(23)31)29(9,16-34)21(6)37-15-18(3)12-13-28(7,8)27(35)36/h10-11,14-16H,1,4,6,12-13,31-32H2,2-3,5,7-9H3,(H,35,36)/b18-15+,26-25+,33-20+. The number of nitrogens with two attached hydrogens (primary N) is 2. The van der Waals surface area contributed by atoms with E-state index in [0.717, 1.165) is 5.57 Å². The molecule has 0 amide bonds. The van der Waals surface area contributed by atoms with E-state index in [2.05, 4.69) is 24.7 Å². The Morgan fingerprint density at radius 1 is 1.19 bits per heavy atom. The summed E-state index contributed by atoms with van der Waals surface area (Å²) in [5, 5.41) is 9.81. The Morgan fingerprint density at radius 3 is 2.27 bits per heavy atom. The maximum atomic E-state index is 12.4. The number of aliphatic imine (C=N–C) groups is 1. The zero-order valence-corrected chi connectivity index (χ0v) is 23.3. The largest absolute Gasteiger partial charge is 0.481 e. The molecule has 1 aromatic carbocycles. The van der Waals surface area contributed by atoms with Gasteiger partial charge < -0.3 is 26.1 Å². The van der Waals surface area contributed by atoms with Gasteiger partial charge in [-0.25, -0.2) is 4.99 Å². The molecule has 0 saturated heterocycles. The molecule has 0 heterocycles. The van der Waals surface area contributed by atoms with Gasteiger partial charge in [0.05, 0.1) is 11.7 Å². The first kappa shape index (κ1) is 31.4. The summed E-state index contributed by atoms with van der Waals surface area (Å²) < 4.78 is 5.75. The highest BCUT2D eigenvalue weighted by Crippen LogP contribution is 2.39. The Labute approximate surface area is 224 Å². The SMILES string of the molecule is C=C(C)/C(=C(N)\N=C(/C)C(=C)c1ccc(Cl)cc1N)C(C)(C=O)C(=C)O/C=C(\C)CCC(C)(C)C(=O)O. The predicted octanol–water partition coefficient (Wildman–Crippen LogP) is 6.67. The third kappa shape index (κ3) is 7.95. The van der Waals surface area contributed by atoms with Gasteiger partial charge >= 0.3 is 5.97 Å². The lowest BCUT2D eigenvalue weighted by atomic mass is 9.78. The molecule has 0 radical (unpaired) electrons. The van der Waals surface area contributed by atoms with E-state index in [1.165, 1.54) is 6.26 Å². The number of nitrogens with zero attached hydrogens (tertiary/aromatic N) is 1. The maximum absolute atomic E-state index is 12.4. The summed E-state index contributed by atoms with van der Waals surface area (Å²) >= 11 is 5.99. The average molecular weight is 528 g/mol. The van der Waals surface area contributed by atoms with Gasteiger partial charge in [0, 0.05) is 27.6 Å². The van der Waals surface area contributed by atoms with Gasteiger partial charge in [-0.05, 0) is 83.2 Å². The van der Waals surface area contributed by atoms with E-state index in [0.29, 0.717) is 57.8 Å². The maximum Gasteiger partial charge on any atom is 0.309 e. The average Bonchev–Trinajstić information content (AvgIpc) is 2.80. The van der Waals surface area contributed by atoms with Crippen molar-refractivity contribution in [2.45, 2.75) is 54.4 Å². The number of aldehydes is 1. The lowest BCUT2D eigenvalue weighted by Crippen LogP contribution is -2.28. The molecule has 200 valence electrons. The highest BCUT2D eigenvalue weighted by atomic mass is 35.5. The molecule has 0 aliphatic heterocycles. The number of nitrogen functional groups attached to an aromatic ring is 1. The molecular formula is C29H38ClN3O4. The number of carbonyl (C=O) groups excluding carboxylic acids is 1. The summed E-state index contributed by atoms with van der Waals surface area (Å²) in [4.78, 5) is 28.2. The van der Waals surface area contributed by atoms with Crippen LogP contribution in [0.5, 0.6) is 0 Å². The molecule has 0 fully saturated rings. The Hall–Kier alpha value is -3.58. The second kappa shape index (κ2) is 12.6. The van der Waals surface area contributed by atoms with E-state index in [1.54, 1.807) is 52.8 Å². The van der Waals surface area contributed by atoms with Crippen molar-refractivity contribution >= 4 is 40.8 Å². The number of ether oxygens (including phenoxy) is 1. The van der Waals surface area contributed by atoms with Crippen molar-refractivity contribution in [3.8, 4) is 0 Å². The minimum absolute atomic E-state index is 0.0574. The summed E-state index contributed by atoms with van der Waals surface area (Å²) in [6.07, 6.45) is 3.06. The number of carbonyl (C=O) groups is 2. The van der Waals surface area contributed by atoms with E-state index in [1.807, 2.05) is 6.92 Å². The Balaban J connectivity index is 3.31. The summed E-state index contributed by atoms with van der Waals surface area (Å²) in [5.74, 6) is -0.695. The molecule has 8 heteroatoms. The van der Waals surface area contributed by atoms with Gasteiger partial charge in [0.15, 0.2) is 0 Å². The number of hydrogen-bond acceptors (Lipinski definition) is 6. The zero-order chi connectivity index (χ0) is 28.7. The molecule has 5 N–H and O–H groups in total. The highest BCUT2D eigenvalue weighted by Gasteiger charge is 2.36. The molecule has 0 saturated carbocycles. The molecule has 1 aromatic rings. The third-order valence-corrected chi connectivity index (χ3v) is 6.44. The van der Waals surface area contributed by atoms with Crippen molar-refractivity contribution < 1.29 is 19.4 Å². The van der Waals surface area contributed by atoms with Gasteiger partial charge in [-0.1, -0.05) is 37.4 Å². The first-order chi connectivity index (χ1) is 17.0. The van der Waals surface area contributed by atoms with Crippen molar-refractivity contribution in [1.29, 1.82) is 0 Å². The van der Waals surface area contributed by atoms with Crippen LogP contribution in [0.25, 0.3) is 5.57 Å². The molecule has 37 heavy (non-hydrogen) atoms. The first-order valence-electron chi connectivity index (χ1n) is 11.6. The van der Waals surface area contributed by atoms with Crippen LogP contribution in [0.4, 0.5) is 5.69 Å². The van der Waals surface area contributed by atoms with Crippen LogP contribution in [0.15, 0.2) is 77.5 Å². The van der Waals surface area contributed by atoms with Gasteiger partial charge in [-0.3, -0.25) is 4.79 Å². The summed E-state index contributed by atoms with van der Waals surface area (Å²) in [7, 11) is 0. The van der Waals surface area contributed by atoms with Crippen LogP contribution >= 0.6 is 11.6 Å². The summed E-state index contributed by atoms with van der Waals surface area (Å²) in [6.45, 7) is 22.2. The molecule has 0 bridgehead atoms. The minimum atomic E-state index is -1.36. The molecular weight excluding hydrogens is 490 g/mol. The lowest BCUT2D eigenvalue weighted by Gasteiger charge is -2.29. The number of benzene rings is 1. The second-order valence-corrected chi connectivity index (χ2v) is 10.4. The summed E-state index contributed by atoms with van der Waals surface area (Å²) in [5.41, 5.74) is 14.0. The number of hydrogen-bond donors (Lipinski definition) is 3. The fourth-order valence-corrected chi connectivity index (χ4v) is 3.65. The second-order valence-electron chi connectivity index (χ2n) is 9.96. The van der Waals surface area contributed by atoms with Gasteiger partial charge in [-0.15, -0.1) is 0 Å². The molecule has 7 nitrogen and oxygen atoms in total. The minimum Gasteiger partial charge on any atom is -0.481 e. The lowest BCUT2D eigenvalue weighted by molar-refractivity contribution is -0.147. The number of allylic oxidation sites excluding steroid dienone is 4. The Morgan fingerprint density at radius 2 is 1.78 bits per heavy atom. The fourth-order valence-electron chi connectivity index (χ4n) is 3.47. The molecule has 0 aliphatic rings. The van der Waals surface area contributed by atoms with Crippen LogP contribution < -0.4 is 11.5 Å². The third-order valence-electron chi connectivity index (χ3n) is 6.21. The number of halogens is 1. The van der Waals surface area contributed by atoms with Crippen LogP contribution in [0.1, 0.15) is 59.9 Å². The molecule has 0 aromatic heterocycles. The Kier molecular flexibility index (Phi) is 10.7. The molecule has 1 rings (SSSR count). The number of rotatable bonds is 13. The van der Waals surface area contributed by atoms with Gasteiger partial charge in [-0.2, -0.15) is 0 Å². The van der Waals surface area contributed by atoms with Crippen LogP contribution in [0.3, 0.4) is 0 Å². The van der Waals surface area contributed by atoms with Crippen molar-refractivity contribution in [2.24, 2.45) is 21.6 Å². The van der Waals surface area contributed by atoms with E-state index >= 15 is 0 Å². The van der Waals surface area contributed by atoms with Crippen LogP contribution in [0.2, 0.25) is 5.02 Å². The van der Waals surface area contributed by atoms with Crippen molar-refractivity contribution in [3.63, 3.8) is 0 Å². The van der Waals surface area contributed by atoms with Crippen molar-refractivity contribution in [2.75, 3.05) is 5.73 Å². The first-order valence-corrected chi connectivity index (χ1v) is 12.0. The highest BCUT2D eigenvalue weighted by molar-refractivity contribution is 6.31. The molecule has 0 aliphatic carbocycles.